The summed E-state index contributed by atoms with van der Waals surface area (Å²) in [5.74, 6) is -0.973. The lowest BCUT2D eigenvalue weighted by Gasteiger charge is -2.27. The van der Waals surface area contributed by atoms with Gasteiger partial charge in [-0.05, 0) is 11.5 Å². The van der Waals surface area contributed by atoms with Crippen molar-refractivity contribution in [1.29, 1.82) is 0 Å². The Kier molecular flexibility index (Phi) is 4.19. The topological polar surface area (TPSA) is 104 Å². The molecule has 7 nitrogen and oxygen atoms in total. The summed E-state index contributed by atoms with van der Waals surface area (Å²) in [6, 6.07) is -0.0390. The molecule has 0 aliphatic carbocycles. The molecule has 0 aliphatic rings. The fourth-order valence-electron chi connectivity index (χ4n) is 1.28. The molecule has 0 bridgehead atoms. The number of anilines is 1. The lowest BCUT2D eigenvalue weighted by atomic mass is 9.87. The average Bonchev–Trinajstić information content (AvgIpc) is 2.25. The number of carbonyl (C=O) groups is 2. The molecule has 98 valence electrons. The van der Waals surface area contributed by atoms with Crippen molar-refractivity contribution in [3.63, 3.8) is 0 Å². The summed E-state index contributed by atoms with van der Waals surface area (Å²) in [6.07, 6.45) is 2.95. The first-order valence-corrected chi connectivity index (χ1v) is 5.38. The zero-order valence-electron chi connectivity index (χ0n) is 10.5. The SMILES string of the molecule is CC(C)(C)[C@@H](NC(=O)Nc1ncccn1)C(=O)O. The van der Waals surface area contributed by atoms with Crippen molar-refractivity contribution >= 4 is 17.9 Å². The van der Waals surface area contributed by atoms with Gasteiger partial charge in [0.05, 0.1) is 0 Å². The van der Waals surface area contributed by atoms with Gasteiger partial charge in [0.2, 0.25) is 5.95 Å². The van der Waals surface area contributed by atoms with Gasteiger partial charge in [-0.25, -0.2) is 19.6 Å². The number of nitrogens with one attached hydrogen (secondary N) is 2. The number of aromatic nitrogens is 2. The van der Waals surface area contributed by atoms with Crippen LogP contribution in [-0.2, 0) is 4.79 Å². The molecule has 3 N–H and O–H groups in total. The average molecular weight is 252 g/mol. The van der Waals surface area contributed by atoms with E-state index in [4.69, 9.17) is 5.11 Å². The van der Waals surface area contributed by atoms with Crippen LogP contribution in [0.3, 0.4) is 0 Å². The molecule has 0 radical (unpaired) electrons. The third-order valence-corrected chi connectivity index (χ3v) is 2.18. The zero-order valence-corrected chi connectivity index (χ0v) is 10.5. The molecule has 18 heavy (non-hydrogen) atoms. The monoisotopic (exact) mass is 252 g/mol. The minimum absolute atomic E-state index is 0.119. The molecular formula is C11H16N4O3. The Morgan fingerprint density at radius 3 is 2.28 bits per heavy atom. The smallest absolute Gasteiger partial charge is 0.326 e. The number of carboxylic acid groups (broad SMARTS) is 1. The maximum absolute atomic E-state index is 11.6. The number of carboxylic acids is 1. The molecule has 0 spiro atoms. The third-order valence-electron chi connectivity index (χ3n) is 2.18. The summed E-state index contributed by atoms with van der Waals surface area (Å²) in [6.45, 7) is 5.18. The van der Waals surface area contributed by atoms with Gasteiger partial charge >= 0.3 is 12.0 Å². The molecular weight excluding hydrogens is 236 g/mol. The molecule has 0 aliphatic heterocycles. The van der Waals surface area contributed by atoms with Crippen LogP contribution < -0.4 is 10.6 Å². The summed E-state index contributed by atoms with van der Waals surface area (Å²) in [5.41, 5.74) is -0.597. The second-order valence-electron chi connectivity index (χ2n) is 4.81. The molecule has 2 amide bonds. The fraction of sp³-hybridized carbons (Fsp3) is 0.455. The Hall–Kier alpha value is -2.18. The zero-order chi connectivity index (χ0) is 13.8. The number of carbonyl (C=O) groups excluding carboxylic acids is 1. The second-order valence-corrected chi connectivity index (χ2v) is 4.81. The van der Waals surface area contributed by atoms with E-state index in [1.54, 1.807) is 26.8 Å². The maximum atomic E-state index is 11.6. The van der Waals surface area contributed by atoms with Gasteiger partial charge in [0.1, 0.15) is 6.04 Å². The van der Waals surface area contributed by atoms with Crippen molar-refractivity contribution in [2.75, 3.05) is 5.32 Å². The number of aliphatic carboxylic acids is 1. The van der Waals surface area contributed by atoms with Gasteiger partial charge in [-0.1, -0.05) is 20.8 Å². The van der Waals surface area contributed by atoms with Crippen LogP contribution in [0.1, 0.15) is 20.8 Å². The van der Waals surface area contributed by atoms with Crippen molar-refractivity contribution < 1.29 is 14.7 Å². The third kappa shape index (κ3) is 4.00. The molecule has 0 fully saturated rings. The second kappa shape index (κ2) is 5.44. The molecule has 0 unspecified atom stereocenters. The number of urea groups is 1. The number of nitrogens with zero attached hydrogens (tertiary/aromatic N) is 2. The van der Waals surface area contributed by atoms with Gasteiger partial charge in [-0.3, -0.25) is 5.32 Å². The van der Waals surface area contributed by atoms with E-state index in [0.717, 1.165) is 0 Å². The Bertz CT molecular complexity index is 428. The molecule has 1 rings (SSSR count). The predicted octanol–water partition coefficient (Wildman–Crippen LogP) is 1.10. The first-order chi connectivity index (χ1) is 8.30. The summed E-state index contributed by atoms with van der Waals surface area (Å²) in [4.78, 5) is 30.3. The van der Waals surface area contributed by atoms with Gasteiger partial charge < -0.3 is 10.4 Å². The molecule has 0 saturated carbocycles. The largest absolute Gasteiger partial charge is 0.480 e. The normalized spacial score (nSPS) is 12.6. The van der Waals surface area contributed by atoms with Gasteiger partial charge in [0, 0.05) is 12.4 Å². The van der Waals surface area contributed by atoms with E-state index in [2.05, 4.69) is 20.6 Å². The highest BCUT2D eigenvalue weighted by Gasteiger charge is 2.32. The lowest BCUT2D eigenvalue weighted by molar-refractivity contribution is -0.141. The van der Waals surface area contributed by atoms with E-state index in [-0.39, 0.29) is 5.95 Å². The van der Waals surface area contributed by atoms with E-state index in [1.165, 1.54) is 12.4 Å². The van der Waals surface area contributed by atoms with Crippen molar-refractivity contribution in [3.05, 3.63) is 18.5 Å². The summed E-state index contributed by atoms with van der Waals surface area (Å²) in [7, 11) is 0. The number of rotatable bonds is 3. The quantitative estimate of drug-likeness (QED) is 0.747. The minimum atomic E-state index is -1.09. The van der Waals surface area contributed by atoms with Gasteiger partial charge in [-0.15, -0.1) is 0 Å². The lowest BCUT2D eigenvalue weighted by Crippen LogP contribution is -2.50. The highest BCUT2D eigenvalue weighted by atomic mass is 16.4. The van der Waals surface area contributed by atoms with Crippen molar-refractivity contribution in [2.24, 2.45) is 5.41 Å². The van der Waals surface area contributed by atoms with E-state index < -0.39 is 23.5 Å². The van der Waals surface area contributed by atoms with Crippen molar-refractivity contribution in [1.82, 2.24) is 15.3 Å². The van der Waals surface area contributed by atoms with Crippen LogP contribution >= 0.6 is 0 Å². The van der Waals surface area contributed by atoms with Crippen LogP contribution in [0.4, 0.5) is 10.7 Å². The van der Waals surface area contributed by atoms with Gasteiger partial charge in [-0.2, -0.15) is 0 Å². The molecule has 1 aromatic heterocycles. The van der Waals surface area contributed by atoms with E-state index in [1.807, 2.05) is 0 Å². The van der Waals surface area contributed by atoms with Crippen LogP contribution in [0.15, 0.2) is 18.5 Å². The molecule has 1 atom stereocenters. The van der Waals surface area contributed by atoms with Crippen LogP contribution in [-0.4, -0.2) is 33.1 Å². The summed E-state index contributed by atoms with van der Waals surface area (Å²) < 4.78 is 0. The Balaban J connectivity index is 2.66. The van der Waals surface area contributed by atoms with E-state index in [9.17, 15) is 9.59 Å². The van der Waals surface area contributed by atoms with Gasteiger partial charge in [0.15, 0.2) is 0 Å². The maximum Gasteiger partial charge on any atom is 0.326 e. The molecule has 0 aromatic carbocycles. The first-order valence-electron chi connectivity index (χ1n) is 5.38. The highest BCUT2D eigenvalue weighted by molar-refractivity contribution is 5.91. The Labute approximate surface area is 105 Å². The standard InChI is InChI=1S/C11H16N4O3/c1-11(2,3)7(8(16)17)14-10(18)15-9-12-5-4-6-13-9/h4-7H,1-3H3,(H,16,17)(H2,12,13,14,15,18)/t7-/m0/s1. The Morgan fingerprint density at radius 2 is 1.83 bits per heavy atom. The van der Waals surface area contributed by atoms with Crippen LogP contribution in [0.25, 0.3) is 0 Å². The molecule has 1 heterocycles. The number of hydrogen-bond donors (Lipinski definition) is 3. The summed E-state index contributed by atoms with van der Waals surface area (Å²) >= 11 is 0. The molecule has 1 aromatic rings. The van der Waals surface area contributed by atoms with Crippen molar-refractivity contribution in [2.45, 2.75) is 26.8 Å². The molecule has 7 heteroatoms. The predicted molar refractivity (Wildman–Crippen MR) is 65.1 cm³/mol. The van der Waals surface area contributed by atoms with E-state index >= 15 is 0 Å². The minimum Gasteiger partial charge on any atom is -0.480 e. The fourth-order valence-corrected chi connectivity index (χ4v) is 1.28. The van der Waals surface area contributed by atoms with Gasteiger partial charge in [0.25, 0.3) is 0 Å². The number of amides is 2. The van der Waals surface area contributed by atoms with Crippen LogP contribution in [0, 0.1) is 5.41 Å². The Morgan fingerprint density at radius 1 is 1.28 bits per heavy atom. The highest BCUT2D eigenvalue weighted by Crippen LogP contribution is 2.19. The van der Waals surface area contributed by atoms with E-state index in [0.29, 0.717) is 0 Å². The summed E-state index contributed by atoms with van der Waals surface area (Å²) in [5, 5.41) is 13.8. The van der Waals surface area contributed by atoms with Crippen LogP contribution in [0.2, 0.25) is 0 Å². The van der Waals surface area contributed by atoms with Crippen LogP contribution in [0.5, 0.6) is 0 Å². The van der Waals surface area contributed by atoms with Crippen molar-refractivity contribution in [3.8, 4) is 0 Å². The number of hydrogen-bond acceptors (Lipinski definition) is 4. The first kappa shape index (κ1) is 13.9. The molecule has 0 saturated heterocycles.